The highest BCUT2D eigenvalue weighted by Crippen LogP contribution is 2.56. The van der Waals surface area contributed by atoms with E-state index in [1.807, 2.05) is 31.7 Å². The molecule has 0 atom stereocenters. The van der Waals surface area contributed by atoms with Crippen LogP contribution < -0.4 is 0 Å². The molecule has 0 unspecified atom stereocenters. The lowest BCUT2D eigenvalue weighted by molar-refractivity contribution is -0.0800. The van der Waals surface area contributed by atoms with Gasteiger partial charge < -0.3 is 9.64 Å². The second-order valence-corrected chi connectivity index (χ2v) is 12.3. The number of fused-ring (bicyclic) bond motifs is 3. The third-order valence-electron chi connectivity index (χ3n) is 7.90. The third kappa shape index (κ3) is 3.64. The van der Waals surface area contributed by atoms with Crippen LogP contribution in [-0.4, -0.2) is 54.9 Å². The zero-order valence-electron chi connectivity index (χ0n) is 19.9. The number of nitrogens with zero attached hydrogens (tertiary/aromatic N) is 5. The summed E-state index contributed by atoms with van der Waals surface area (Å²) in [5.74, 6) is 2.43. The lowest BCUT2D eigenvalue weighted by atomic mass is 9.57. The molecule has 33 heavy (non-hydrogen) atoms. The Bertz CT molecular complexity index is 1120. The average molecular weight is 470 g/mol. The van der Waals surface area contributed by atoms with E-state index in [1.54, 1.807) is 0 Å². The zero-order chi connectivity index (χ0) is 23.2. The predicted octanol–water partition coefficient (Wildman–Crippen LogP) is 4.90. The van der Waals surface area contributed by atoms with Gasteiger partial charge >= 0.3 is 6.09 Å². The molecule has 176 valence electrons. The summed E-state index contributed by atoms with van der Waals surface area (Å²) in [5.41, 5.74) is 2.39. The van der Waals surface area contributed by atoms with E-state index in [1.165, 1.54) is 18.4 Å². The molecule has 1 aromatic carbocycles. The van der Waals surface area contributed by atoms with Crippen LogP contribution in [0.15, 0.2) is 18.2 Å². The minimum absolute atomic E-state index is 0.201. The molecule has 1 aromatic heterocycles. The number of carbonyl (C=O) groups excluding carboxylic acids is 1. The maximum absolute atomic E-state index is 12.4. The molecule has 2 saturated carbocycles. The number of hydrogen-bond donors (Lipinski definition) is 0. The number of aromatic nitrogens is 3. The lowest BCUT2D eigenvalue weighted by Gasteiger charge is -2.58. The van der Waals surface area contributed by atoms with Gasteiger partial charge in [-0.3, -0.25) is 9.47 Å². The van der Waals surface area contributed by atoms with E-state index in [-0.39, 0.29) is 17.0 Å². The molecule has 1 spiro atoms. The Balaban J connectivity index is 1.22. The maximum Gasteiger partial charge on any atom is 0.410 e. The van der Waals surface area contributed by atoms with E-state index in [0.29, 0.717) is 5.92 Å². The molecule has 7 nitrogen and oxygen atoms in total. The van der Waals surface area contributed by atoms with Crippen LogP contribution in [0.2, 0.25) is 5.02 Å². The van der Waals surface area contributed by atoms with Crippen molar-refractivity contribution in [1.82, 2.24) is 24.6 Å². The van der Waals surface area contributed by atoms with Crippen molar-refractivity contribution in [1.29, 1.82) is 0 Å². The van der Waals surface area contributed by atoms with E-state index in [9.17, 15) is 4.79 Å². The van der Waals surface area contributed by atoms with Gasteiger partial charge in [0.1, 0.15) is 11.4 Å². The monoisotopic (exact) mass is 469 g/mol. The fraction of sp³-hybridized carbons (Fsp3) is 0.640. The Labute approximate surface area is 200 Å². The highest BCUT2D eigenvalue weighted by molar-refractivity contribution is 6.30. The predicted molar refractivity (Wildman–Crippen MR) is 125 cm³/mol. The summed E-state index contributed by atoms with van der Waals surface area (Å²) < 4.78 is 7.82. The molecule has 2 aliphatic carbocycles. The number of amides is 1. The van der Waals surface area contributed by atoms with Crippen LogP contribution in [0.25, 0.3) is 5.69 Å². The Morgan fingerprint density at radius 1 is 1.15 bits per heavy atom. The van der Waals surface area contributed by atoms with Crippen LogP contribution in [0, 0.1) is 5.41 Å². The molecule has 0 radical (unpaired) electrons. The molecule has 0 bridgehead atoms. The molecule has 4 aliphatic rings. The fourth-order valence-electron chi connectivity index (χ4n) is 5.81. The topological polar surface area (TPSA) is 63.5 Å². The zero-order valence-corrected chi connectivity index (χ0v) is 20.7. The highest BCUT2D eigenvalue weighted by atomic mass is 35.5. The molecule has 2 aromatic rings. The van der Waals surface area contributed by atoms with Crippen LogP contribution in [0.3, 0.4) is 0 Å². The molecule has 1 amide bonds. The van der Waals surface area contributed by atoms with Crippen molar-refractivity contribution in [2.45, 2.75) is 83.5 Å². The summed E-state index contributed by atoms with van der Waals surface area (Å²) in [6.07, 6.45) is 4.32. The normalized spacial score (nSPS) is 23.2. The summed E-state index contributed by atoms with van der Waals surface area (Å²) >= 11 is 6.39. The van der Waals surface area contributed by atoms with Gasteiger partial charge in [0.15, 0.2) is 5.82 Å². The van der Waals surface area contributed by atoms with Gasteiger partial charge in [-0.05, 0) is 77.1 Å². The van der Waals surface area contributed by atoms with Gasteiger partial charge in [0.25, 0.3) is 0 Å². The van der Waals surface area contributed by atoms with Crippen molar-refractivity contribution in [3.8, 4) is 5.69 Å². The summed E-state index contributed by atoms with van der Waals surface area (Å²) in [6, 6.07) is 6.19. The third-order valence-corrected chi connectivity index (χ3v) is 8.13. The van der Waals surface area contributed by atoms with E-state index in [4.69, 9.17) is 21.4 Å². The quantitative estimate of drug-likeness (QED) is 0.625. The van der Waals surface area contributed by atoms with Gasteiger partial charge in [-0.1, -0.05) is 11.6 Å². The molecule has 1 saturated heterocycles. The van der Waals surface area contributed by atoms with Gasteiger partial charge in [0.2, 0.25) is 0 Å². The summed E-state index contributed by atoms with van der Waals surface area (Å²) in [4.78, 5) is 16.7. The molecule has 3 fully saturated rings. The summed E-state index contributed by atoms with van der Waals surface area (Å²) in [7, 11) is 0. The number of hydrogen-bond acceptors (Lipinski definition) is 5. The molecule has 0 N–H and O–H groups in total. The van der Waals surface area contributed by atoms with Crippen molar-refractivity contribution in [2.75, 3.05) is 13.1 Å². The van der Waals surface area contributed by atoms with Crippen LogP contribution >= 0.6 is 11.6 Å². The molecule has 2 aliphatic heterocycles. The van der Waals surface area contributed by atoms with Crippen molar-refractivity contribution < 1.29 is 9.53 Å². The molecular formula is C25H32ClN5O2. The first kappa shape index (κ1) is 21.4. The smallest absolute Gasteiger partial charge is 0.410 e. The van der Waals surface area contributed by atoms with Gasteiger partial charge in [0.05, 0.1) is 12.2 Å². The Morgan fingerprint density at radius 3 is 2.55 bits per heavy atom. The minimum atomic E-state index is -0.456. The van der Waals surface area contributed by atoms with E-state index < -0.39 is 5.60 Å². The van der Waals surface area contributed by atoms with Crippen molar-refractivity contribution >= 4 is 17.7 Å². The second-order valence-electron chi connectivity index (χ2n) is 11.9. The van der Waals surface area contributed by atoms with Crippen LogP contribution in [0.5, 0.6) is 0 Å². The number of rotatable bonds is 2. The van der Waals surface area contributed by atoms with E-state index >= 15 is 0 Å². The van der Waals surface area contributed by atoms with Crippen LogP contribution in [-0.2, 0) is 17.8 Å². The second kappa shape index (κ2) is 6.95. The number of likely N-dealkylation sites (tertiary alicyclic amines) is 1. The van der Waals surface area contributed by atoms with Crippen molar-refractivity contribution in [3.63, 3.8) is 0 Å². The molecule has 8 heteroatoms. The summed E-state index contributed by atoms with van der Waals surface area (Å²) in [6.45, 7) is 11.3. The molecule has 3 heterocycles. The molecular weight excluding hydrogens is 438 g/mol. The molecule has 6 rings (SSSR count). The first-order valence-corrected chi connectivity index (χ1v) is 12.4. The maximum atomic E-state index is 12.4. The van der Waals surface area contributed by atoms with E-state index in [0.717, 1.165) is 61.4 Å². The highest BCUT2D eigenvalue weighted by Gasteiger charge is 2.56. The SMILES string of the molecule is CC(C)(C)OC(=O)N1CC2(CC(c3nnc4n3-c3ccc(Cl)cc3CN(C3(C)CC3)C4)C2)C1. The fourth-order valence-corrected chi connectivity index (χ4v) is 6.01. The number of ether oxygens (including phenoxy) is 1. The summed E-state index contributed by atoms with van der Waals surface area (Å²) in [5, 5.41) is 10.1. The van der Waals surface area contributed by atoms with Gasteiger partial charge in [-0.2, -0.15) is 0 Å². The van der Waals surface area contributed by atoms with Gasteiger partial charge in [-0.15, -0.1) is 10.2 Å². The lowest BCUT2D eigenvalue weighted by Crippen LogP contribution is -2.63. The van der Waals surface area contributed by atoms with Crippen LogP contribution in [0.4, 0.5) is 4.79 Å². The number of carbonyl (C=O) groups is 1. The minimum Gasteiger partial charge on any atom is -0.444 e. The Morgan fingerprint density at radius 2 is 1.88 bits per heavy atom. The largest absolute Gasteiger partial charge is 0.444 e. The Kier molecular flexibility index (Phi) is 4.51. The standard InChI is InChI=1S/C25H32ClN5O2/c1-23(2,3)33-22(32)29-14-25(15-29)10-17(11-25)21-28-27-20-13-30(24(4)7-8-24)12-16-9-18(26)5-6-19(16)31(20)21/h5-6,9,17H,7-8,10-15H2,1-4H3. The first-order chi connectivity index (χ1) is 15.5. The average Bonchev–Trinajstić information content (AvgIpc) is 3.32. The van der Waals surface area contributed by atoms with Gasteiger partial charge in [0, 0.05) is 41.5 Å². The van der Waals surface area contributed by atoms with Crippen LogP contribution in [0.1, 0.15) is 76.5 Å². The van der Waals surface area contributed by atoms with Crippen molar-refractivity contribution in [2.24, 2.45) is 5.41 Å². The number of halogens is 1. The Hall–Kier alpha value is -2.12. The first-order valence-electron chi connectivity index (χ1n) is 12.0. The van der Waals surface area contributed by atoms with Gasteiger partial charge in [-0.25, -0.2) is 4.79 Å². The van der Waals surface area contributed by atoms with E-state index in [2.05, 4.69) is 33.6 Å². The number of benzene rings is 1. The van der Waals surface area contributed by atoms with Crippen molar-refractivity contribution in [3.05, 3.63) is 40.4 Å².